The van der Waals surface area contributed by atoms with E-state index in [0.717, 1.165) is 10.5 Å². The molecule has 0 spiro atoms. The van der Waals surface area contributed by atoms with Crippen LogP contribution in [0.5, 0.6) is 11.5 Å². The van der Waals surface area contributed by atoms with Crippen molar-refractivity contribution in [3.8, 4) is 11.5 Å². The van der Waals surface area contributed by atoms with Crippen LogP contribution in [0.3, 0.4) is 0 Å². The number of carbonyl (C=O) groups is 4. The number of hydrogen-bond acceptors (Lipinski definition) is 8. The summed E-state index contributed by atoms with van der Waals surface area (Å²) < 4.78 is 5.99. The van der Waals surface area contributed by atoms with E-state index in [-0.39, 0.29) is 53.2 Å². The molecule has 0 aromatic heterocycles. The van der Waals surface area contributed by atoms with E-state index in [1.807, 2.05) is 34.7 Å². The van der Waals surface area contributed by atoms with Gasteiger partial charge in [-0.1, -0.05) is 42.0 Å². The molecule has 3 fully saturated rings. The number of anilines is 2. The number of hydrogen-bond donors (Lipinski definition) is 3. The summed E-state index contributed by atoms with van der Waals surface area (Å²) in [5.41, 5.74) is 1.09. The van der Waals surface area contributed by atoms with Crippen molar-refractivity contribution < 1.29 is 39.1 Å². The average Bonchev–Trinajstić information content (AvgIpc) is 3.42. The first-order valence-electron chi connectivity index (χ1n) is 15.0. The zero-order chi connectivity index (χ0) is 32.7. The minimum absolute atomic E-state index is 0.0409. The van der Waals surface area contributed by atoms with Crippen LogP contribution in [0.4, 0.5) is 11.4 Å². The molecule has 3 aromatic rings. The number of carbonyl (C=O) groups excluding carboxylic acids is 4. The number of aromatic hydroxyl groups is 1. The minimum atomic E-state index is -1.77. The lowest BCUT2D eigenvalue weighted by molar-refractivity contribution is -0.131. The zero-order valence-corrected chi connectivity index (χ0v) is 27.1. The first-order chi connectivity index (χ1) is 22.0. The number of allylic oxidation sites excluding steroid dienone is 2. The highest BCUT2D eigenvalue weighted by Crippen LogP contribution is 2.64. The van der Waals surface area contributed by atoms with E-state index in [9.17, 15) is 34.3 Å². The monoisotopic (exact) mass is 732 g/mol. The van der Waals surface area contributed by atoms with E-state index in [0.29, 0.717) is 14.8 Å². The number of methoxy groups -OCH3 is 1. The van der Waals surface area contributed by atoms with Gasteiger partial charge in [0.05, 0.1) is 45.2 Å². The van der Waals surface area contributed by atoms with Gasteiger partial charge in [0, 0.05) is 5.92 Å². The van der Waals surface area contributed by atoms with Gasteiger partial charge >= 0.3 is 7.12 Å². The molecule has 10 nitrogen and oxygen atoms in total. The smallest absolute Gasteiger partial charge is 0.488 e. The molecule has 0 bridgehead atoms. The second kappa shape index (κ2) is 11.1. The van der Waals surface area contributed by atoms with Gasteiger partial charge in [0.2, 0.25) is 23.6 Å². The third kappa shape index (κ3) is 4.30. The van der Waals surface area contributed by atoms with Crippen LogP contribution in [0.25, 0.3) is 0 Å². The topological polar surface area (TPSA) is 145 Å². The lowest BCUT2D eigenvalue weighted by atomic mass is 9.51. The molecule has 4 amide bonds. The van der Waals surface area contributed by atoms with Crippen LogP contribution < -0.4 is 20.0 Å². The second-order valence-electron chi connectivity index (χ2n) is 12.5. The van der Waals surface area contributed by atoms with Gasteiger partial charge in [0.15, 0.2) is 11.5 Å². The number of ether oxygens (including phenoxy) is 1. The molecule has 7 rings (SSSR count). The highest BCUT2D eigenvalue weighted by molar-refractivity contribution is 14.1. The van der Waals surface area contributed by atoms with Crippen molar-refractivity contribution in [2.75, 3.05) is 16.9 Å². The molecular formula is C34H30BIN2O8. The summed E-state index contributed by atoms with van der Waals surface area (Å²) in [6.07, 6.45) is 2.41. The fourth-order valence-corrected chi connectivity index (χ4v) is 8.84. The molecule has 4 aliphatic rings. The molecule has 1 saturated carbocycles. The van der Waals surface area contributed by atoms with Gasteiger partial charge < -0.3 is 19.9 Å². The number of fused-ring (bicyclic) bond motifs is 4. The van der Waals surface area contributed by atoms with Crippen LogP contribution >= 0.6 is 22.6 Å². The number of rotatable bonds is 5. The maximum absolute atomic E-state index is 14.5. The summed E-state index contributed by atoms with van der Waals surface area (Å²) >= 11 is 2.00. The van der Waals surface area contributed by atoms with Crippen LogP contribution in [-0.2, 0) is 19.2 Å². The molecule has 3 N–H and O–H groups in total. The van der Waals surface area contributed by atoms with Gasteiger partial charge in [0.1, 0.15) is 0 Å². The van der Waals surface area contributed by atoms with Gasteiger partial charge in [0.25, 0.3) is 0 Å². The number of phenols is 1. The van der Waals surface area contributed by atoms with Crippen molar-refractivity contribution in [2.24, 2.45) is 29.1 Å². The Morgan fingerprint density at radius 1 is 0.891 bits per heavy atom. The first-order valence-corrected chi connectivity index (χ1v) is 16.1. The van der Waals surface area contributed by atoms with E-state index < -0.39 is 48.0 Å². The molecule has 2 heterocycles. The van der Waals surface area contributed by atoms with Crippen molar-refractivity contribution in [2.45, 2.75) is 25.7 Å². The van der Waals surface area contributed by atoms with Crippen LogP contribution in [0.2, 0.25) is 0 Å². The molecule has 2 aliphatic heterocycles. The minimum Gasteiger partial charge on any atom is -0.504 e. The number of imide groups is 2. The summed E-state index contributed by atoms with van der Waals surface area (Å²) in [6.45, 7) is 1.81. The third-order valence-electron chi connectivity index (χ3n) is 10.3. The summed E-state index contributed by atoms with van der Waals surface area (Å²) in [5.74, 6) is -4.79. The molecule has 2 saturated heterocycles. The van der Waals surface area contributed by atoms with E-state index in [1.54, 1.807) is 55.5 Å². The number of amides is 4. The Bertz CT molecular complexity index is 1850. The number of para-hydroxylation sites is 1. The Balaban J connectivity index is 1.38. The lowest BCUT2D eigenvalue weighted by Gasteiger charge is -2.49. The third-order valence-corrected chi connectivity index (χ3v) is 11.1. The van der Waals surface area contributed by atoms with Gasteiger partial charge in [-0.3, -0.25) is 24.1 Å². The largest absolute Gasteiger partial charge is 0.504 e. The molecule has 6 unspecified atom stereocenters. The summed E-state index contributed by atoms with van der Waals surface area (Å²) in [4.78, 5) is 59.3. The van der Waals surface area contributed by atoms with E-state index in [4.69, 9.17) is 4.74 Å². The molecular weight excluding hydrogens is 702 g/mol. The Hall–Kier alpha value is -4.01. The predicted molar refractivity (Wildman–Crippen MR) is 177 cm³/mol. The van der Waals surface area contributed by atoms with Gasteiger partial charge in [-0.2, -0.15) is 0 Å². The van der Waals surface area contributed by atoms with Crippen LogP contribution in [-0.4, -0.2) is 53.0 Å². The second-order valence-corrected chi connectivity index (χ2v) is 13.7. The summed E-state index contributed by atoms with van der Waals surface area (Å²) in [6, 6.07) is 18.3. The quantitative estimate of drug-likeness (QED) is 0.157. The fraction of sp³-hybridized carbons (Fsp3) is 0.294. The SMILES string of the molecule is COc1cc(C2C3=CCC4C(=O)N(c5cccc(B(O)O)c5)C(=O)C4C3CC3C(=O)N(c4ccccc4)C(=O)C32C)cc(I)c1O. The van der Waals surface area contributed by atoms with Crippen molar-refractivity contribution in [1.82, 2.24) is 0 Å². The average molecular weight is 732 g/mol. The van der Waals surface area contributed by atoms with Crippen molar-refractivity contribution >= 4 is 70.2 Å². The Morgan fingerprint density at radius 2 is 1.61 bits per heavy atom. The van der Waals surface area contributed by atoms with Crippen molar-refractivity contribution in [1.29, 1.82) is 0 Å². The molecule has 2 aliphatic carbocycles. The highest BCUT2D eigenvalue weighted by atomic mass is 127. The van der Waals surface area contributed by atoms with Gasteiger partial charge in [-0.15, -0.1) is 0 Å². The predicted octanol–water partition coefficient (Wildman–Crippen LogP) is 3.12. The fourth-order valence-electron chi connectivity index (χ4n) is 8.21. The van der Waals surface area contributed by atoms with Crippen LogP contribution in [0.1, 0.15) is 31.2 Å². The van der Waals surface area contributed by atoms with Crippen LogP contribution in [0, 0.1) is 32.7 Å². The maximum Gasteiger partial charge on any atom is 0.488 e. The molecule has 12 heteroatoms. The number of halogens is 1. The van der Waals surface area contributed by atoms with E-state index in [1.165, 1.54) is 24.1 Å². The summed E-state index contributed by atoms with van der Waals surface area (Å²) in [5, 5.41) is 30.1. The molecule has 46 heavy (non-hydrogen) atoms. The normalized spacial score (nSPS) is 28.5. The maximum atomic E-state index is 14.5. The number of phenolic OH excluding ortho intramolecular Hbond substituents is 1. The van der Waals surface area contributed by atoms with Crippen molar-refractivity contribution in [3.05, 3.63) is 87.5 Å². The van der Waals surface area contributed by atoms with Gasteiger partial charge in [-0.05, 0) is 95.7 Å². The number of benzene rings is 3. The number of nitrogens with zero attached hydrogens (tertiary/aromatic N) is 2. The highest BCUT2D eigenvalue weighted by Gasteiger charge is 2.67. The Labute approximate surface area is 278 Å². The van der Waals surface area contributed by atoms with E-state index >= 15 is 0 Å². The molecule has 3 aromatic carbocycles. The zero-order valence-electron chi connectivity index (χ0n) is 25.0. The Kier molecular flexibility index (Phi) is 7.37. The molecule has 0 radical (unpaired) electrons. The summed E-state index contributed by atoms with van der Waals surface area (Å²) in [7, 11) is -0.333. The lowest BCUT2D eigenvalue weighted by Crippen LogP contribution is -2.49. The van der Waals surface area contributed by atoms with Crippen LogP contribution in [0.15, 0.2) is 78.4 Å². The Morgan fingerprint density at radius 3 is 2.30 bits per heavy atom. The molecule has 6 atom stereocenters. The van der Waals surface area contributed by atoms with Gasteiger partial charge in [-0.25, -0.2) is 4.90 Å². The first kappa shape index (κ1) is 30.6. The van der Waals surface area contributed by atoms with Crippen molar-refractivity contribution in [3.63, 3.8) is 0 Å². The van der Waals surface area contributed by atoms with E-state index in [2.05, 4.69) is 0 Å². The molecule has 234 valence electrons. The standard InChI is InChI=1S/C34H30BIN2O8/c1-34-24(31(41)38(33(34)43)19-8-4-3-5-9-19)16-23-21(28(34)17-13-25(36)29(39)26(14-17)46-2)11-12-22-27(23)32(42)37(30(22)40)20-10-6-7-18(15-20)35(44)45/h3-11,13-15,22-24,27-28,39,44-45H,12,16H2,1-2H3.